The Bertz CT molecular complexity index is 1560. The van der Waals surface area contributed by atoms with Crippen LogP contribution in [0.5, 0.6) is 0 Å². The number of para-hydroxylation sites is 1. The summed E-state index contributed by atoms with van der Waals surface area (Å²) in [5, 5.41) is 5.44. The highest BCUT2D eigenvalue weighted by Crippen LogP contribution is 2.26. The second-order valence-electron chi connectivity index (χ2n) is 14.2. The van der Waals surface area contributed by atoms with Crippen LogP contribution in [0.15, 0.2) is 48.5 Å². The lowest BCUT2D eigenvalue weighted by Crippen LogP contribution is -2.34. The number of rotatable bonds is 33. The monoisotopic (exact) mass is 843 g/mol. The number of amides is 3. The first-order valence-electron chi connectivity index (χ1n) is 20.7. The van der Waals surface area contributed by atoms with Gasteiger partial charge < -0.3 is 62.9 Å². The number of hydrogen-bond donors (Lipinski definition) is 2. The zero-order chi connectivity index (χ0) is 42.9. The summed E-state index contributed by atoms with van der Waals surface area (Å²) in [6.07, 6.45) is -0.292. The lowest BCUT2D eigenvalue weighted by atomic mass is 10.0. The van der Waals surface area contributed by atoms with Crippen molar-refractivity contribution in [2.75, 3.05) is 137 Å². The maximum atomic E-state index is 13.3. The number of benzene rings is 2. The van der Waals surface area contributed by atoms with Crippen molar-refractivity contribution in [3.05, 3.63) is 65.2 Å². The minimum absolute atomic E-state index is 0.0829. The number of carbonyl (C=O) groups is 3. The Morgan fingerprint density at radius 3 is 1.42 bits per heavy atom. The van der Waals surface area contributed by atoms with Crippen LogP contribution in [0.1, 0.15) is 50.3 Å². The van der Waals surface area contributed by atoms with Crippen LogP contribution in [-0.2, 0) is 63.5 Å². The predicted molar refractivity (Wildman–Crippen MR) is 224 cm³/mol. The molecule has 334 valence electrons. The van der Waals surface area contributed by atoms with Crippen molar-refractivity contribution >= 4 is 23.6 Å². The van der Waals surface area contributed by atoms with Crippen LogP contribution in [-0.4, -0.2) is 156 Å². The third kappa shape index (κ3) is 24.2. The van der Waals surface area contributed by atoms with E-state index in [0.717, 1.165) is 22.4 Å². The Hall–Kier alpha value is -4.15. The molecule has 3 amide bonds. The summed E-state index contributed by atoms with van der Waals surface area (Å²) in [5.74, 6) is 6.06. The molecular weight excluding hydrogens is 778 g/mol. The van der Waals surface area contributed by atoms with Crippen LogP contribution < -0.4 is 15.5 Å². The fourth-order valence-electron chi connectivity index (χ4n) is 5.31. The molecule has 0 bridgehead atoms. The van der Waals surface area contributed by atoms with E-state index < -0.39 is 11.7 Å². The van der Waals surface area contributed by atoms with Crippen molar-refractivity contribution in [1.82, 2.24) is 10.6 Å². The molecule has 0 saturated heterocycles. The Balaban J connectivity index is 0.998. The van der Waals surface area contributed by atoms with Gasteiger partial charge in [0.05, 0.1) is 131 Å². The van der Waals surface area contributed by atoms with E-state index >= 15 is 0 Å². The lowest BCUT2D eigenvalue weighted by Gasteiger charge is -2.26. The number of alkyl carbamates (subject to hydrolysis) is 1. The molecule has 0 fully saturated rings. The minimum atomic E-state index is -0.521. The summed E-state index contributed by atoms with van der Waals surface area (Å²) in [6, 6.07) is 15.4. The molecule has 2 N–H and O–H groups in total. The van der Waals surface area contributed by atoms with Crippen LogP contribution in [0.3, 0.4) is 0 Å². The second-order valence-corrected chi connectivity index (χ2v) is 14.2. The molecule has 1 aliphatic rings. The molecule has 0 unspecified atom stereocenters. The van der Waals surface area contributed by atoms with Gasteiger partial charge in [-0.1, -0.05) is 42.2 Å². The van der Waals surface area contributed by atoms with Gasteiger partial charge in [-0.2, -0.15) is 0 Å². The van der Waals surface area contributed by atoms with Crippen LogP contribution in [0, 0.1) is 11.8 Å². The maximum absolute atomic E-state index is 13.3. The van der Waals surface area contributed by atoms with E-state index in [4.69, 9.17) is 47.4 Å². The van der Waals surface area contributed by atoms with Gasteiger partial charge in [0.1, 0.15) is 5.60 Å². The van der Waals surface area contributed by atoms with Crippen LogP contribution in [0.4, 0.5) is 10.5 Å². The molecule has 3 rings (SSSR count). The quantitative estimate of drug-likeness (QED) is 0.0792. The number of carbonyl (C=O) groups excluding carboxylic acids is 3. The molecule has 1 aliphatic heterocycles. The van der Waals surface area contributed by atoms with E-state index in [9.17, 15) is 14.4 Å². The normalized spacial score (nSPS) is 12.1. The van der Waals surface area contributed by atoms with Gasteiger partial charge in [-0.15, -0.1) is 0 Å². The number of ether oxygens (including phenoxy) is 10. The Kier molecular flexibility index (Phi) is 26.5. The summed E-state index contributed by atoms with van der Waals surface area (Å²) in [6.45, 7) is 14.5. The van der Waals surface area contributed by atoms with Crippen LogP contribution in [0.2, 0.25) is 0 Å². The maximum Gasteiger partial charge on any atom is 0.407 e. The largest absolute Gasteiger partial charge is 0.444 e. The smallest absolute Gasteiger partial charge is 0.407 e. The van der Waals surface area contributed by atoms with Gasteiger partial charge in [0.15, 0.2) is 0 Å². The fraction of sp³-hybridized carbons (Fsp3) is 0.614. The highest BCUT2D eigenvalue weighted by molar-refractivity contribution is 5.96. The van der Waals surface area contributed by atoms with E-state index in [1.807, 2.05) is 69.3 Å². The summed E-state index contributed by atoms with van der Waals surface area (Å²) < 4.78 is 54.5. The average molecular weight is 844 g/mol. The van der Waals surface area contributed by atoms with E-state index in [-0.39, 0.29) is 24.7 Å². The molecule has 0 radical (unpaired) electrons. The summed E-state index contributed by atoms with van der Waals surface area (Å²) >= 11 is 0. The Morgan fingerprint density at radius 2 is 0.933 bits per heavy atom. The van der Waals surface area contributed by atoms with Crippen LogP contribution >= 0.6 is 0 Å². The highest BCUT2D eigenvalue weighted by atomic mass is 16.6. The fourth-order valence-corrected chi connectivity index (χ4v) is 5.31. The Labute approximate surface area is 355 Å². The van der Waals surface area contributed by atoms with E-state index in [1.54, 1.807) is 4.90 Å². The predicted octanol–water partition coefficient (Wildman–Crippen LogP) is 3.50. The topological polar surface area (TPSA) is 171 Å². The molecular formula is C44H65N3O13. The summed E-state index contributed by atoms with van der Waals surface area (Å²) in [5.41, 5.74) is 2.88. The van der Waals surface area contributed by atoms with E-state index in [0.29, 0.717) is 139 Å². The molecule has 60 heavy (non-hydrogen) atoms. The molecule has 16 nitrogen and oxygen atoms in total. The van der Waals surface area contributed by atoms with Crippen molar-refractivity contribution < 1.29 is 61.8 Å². The van der Waals surface area contributed by atoms with Crippen molar-refractivity contribution in [3.8, 4) is 11.8 Å². The second kappa shape index (κ2) is 31.7. The SMILES string of the molecule is CC(C)(C)OC(=O)NCCOCCOCCOCCOCCOCCOCCOCCOCCOCCNC(=O)CCC(=O)N1Cc2ccccc2C#Cc2ccccc21. The lowest BCUT2D eigenvalue weighted by molar-refractivity contribution is -0.125. The van der Waals surface area contributed by atoms with Crippen LogP contribution in [0.25, 0.3) is 0 Å². The van der Waals surface area contributed by atoms with Gasteiger partial charge in [0.25, 0.3) is 0 Å². The van der Waals surface area contributed by atoms with Crippen molar-refractivity contribution in [2.45, 2.75) is 45.8 Å². The number of anilines is 1. The highest BCUT2D eigenvalue weighted by Gasteiger charge is 2.22. The molecule has 0 spiro atoms. The molecule has 2 aromatic carbocycles. The zero-order valence-corrected chi connectivity index (χ0v) is 35.6. The number of hydrogen-bond acceptors (Lipinski definition) is 13. The molecule has 0 atom stereocenters. The number of nitrogens with one attached hydrogen (secondary N) is 2. The van der Waals surface area contributed by atoms with Gasteiger partial charge in [-0.3, -0.25) is 9.59 Å². The Morgan fingerprint density at radius 1 is 0.533 bits per heavy atom. The van der Waals surface area contributed by atoms with Crippen molar-refractivity contribution in [3.63, 3.8) is 0 Å². The van der Waals surface area contributed by atoms with E-state index in [1.165, 1.54) is 0 Å². The molecule has 0 saturated carbocycles. The molecule has 0 aliphatic carbocycles. The molecule has 16 heteroatoms. The summed E-state index contributed by atoms with van der Waals surface area (Å²) in [7, 11) is 0. The first kappa shape index (κ1) is 50.2. The van der Waals surface area contributed by atoms with Gasteiger partial charge in [-0.05, 0) is 44.5 Å². The third-order valence-electron chi connectivity index (χ3n) is 8.20. The standard InChI is InChI=1S/C44H65N3O13/c1-44(2,3)60-43(50)46-17-19-52-21-23-54-25-27-56-29-31-58-33-35-59-34-32-57-30-28-55-26-24-53-22-20-51-18-16-45-41(48)14-15-42(49)47-36-39-10-5-4-8-37(39)12-13-38-9-6-7-11-40(38)47/h4-11H,14-36H2,1-3H3,(H,45,48)(H,46,50). The number of nitrogens with zero attached hydrogens (tertiary/aromatic N) is 1. The third-order valence-corrected chi connectivity index (χ3v) is 8.20. The van der Waals surface area contributed by atoms with Crippen molar-refractivity contribution in [2.24, 2.45) is 0 Å². The molecule has 2 aromatic rings. The first-order valence-corrected chi connectivity index (χ1v) is 20.7. The van der Waals surface area contributed by atoms with Gasteiger partial charge in [-0.25, -0.2) is 4.79 Å². The number of fused-ring (bicyclic) bond motifs is 2. The van der Waals surface area contributed by atoms with Gasteiger partial charge in [0, 0.05) is 37.1 Å². The zero-order valence-electron chi connectivity index (χ0n) is 35.6. The van der Waals surface area contributed by atoms with Gasteiger partial charge >= 0.3 is 6.09 Å². The van der Waals surface area contributed by atoms with E-state index in [2.05, 4.69) is 22.5 Å². The first-order chi connectivity index (χ1) is 29.2. The summed E-state index contributed by atoms with van der Waals surface area (Å²) in [4.78, 5) is 39.0. The molecule has 0 aromatic heterocycles. The minimum Gasteiger partial charge on any atom is -0.444 e. The average Bonchev–Trinajstić information content (AvgIpc) is 3.22. The van der Waals surface area contributed by atoms with Gasteiger partial charge in [0.2, 0.25) is 11.8 Å². The van der Waals surface area contributed by atoms with Crippen molar-refractivity contribution in [1.29, 1.82) is 0 Å². The molecule has 1 heterocycles.